The summed E-state index contributed by atoms with van der Waals surface area (Å²) in [6.07, 6.45) is 2.99. The van der Waals surface area contributed by atoms with Crippen LogP contribution in [0.15, 0.2) is 0 Å². The van der Waals surface area contributed by atoms with E-state index >= 15 is 0 Å². The number of rotatable bonds is 2. The predicted molar refractivity (Wildman–Crippen MR) is 41.5 cm³/mol. The Bertz CT molecular complexity index is 275. The first-order chi connectivity index (χ1) is 5.03. The molecule has 62 valence electrons. The van der Waals surface area contributed by atoms with Crippen LogP contribution in [0.4, 0.5) is 0 Å². The molecule has 4 heteroatoms. The third-order valence-corrected chi connectivity index (χ3v) is 3.13. The van der Waals surface area contributed by atoms with Crippen molar-refractivity contribution in [3.05, 3.63) is 0 Å². The molecular formula is C7H11NO2S. The second-order valence-electron chi connectivity index (χ2n) is 3.17. The van der Waals surface area contributed by atoms with E-state index in [-0.39, 0.29) is 17.6 Å². The molecule has 0 aromatic carbocycles. The summed E-state index contributed by atoms with van der Waals surface area (Å²) in [4.78, 5) is 0. The van der Waals surface area contributed by atoms with E-state index in [0.717, 1.165) is 12.8 Å². The molecular weight excluding hydrogens is 162 g/mol. The molecule has 0 aromatic heterocycles. The molecule has 3 nitrogen and oxygen atoms in total. The normalized spacial score (nSPS) is 30.5. The van der Waals surface area contributed by atoms with Crippen LogP contribution in [0.5, 0.6) is 0 Å². The molecule has 2 unspecified atom stereocenters. The number of hydrogen-bond acceptors (Lipinski definition) is 3. The summed E-state index contributed by atoms with van der Waals surface area (Å²) < 4.78 is 21.6. The van der Waals surface area contributed by atoms with Crippen LogP contribution in [0.1, 0.15) is 12.8 Å². The Balaban J connectivity index is 2.48. The zero-order chi connectivity index (χ0) is 8.48. The lowest BCUT2D eigenvalue weighted by Gasteiger charge is -2.30. The fourth-order valence-electron chi connectivity index (χ4n) is 1.33. The fraction of sp³-hybridized carbons (Fsp3) is 0.857. The van der Waals surface area contributed by atoms with Gasteiger partial charge in [-0.2, -0.15) is 5.26 Å². The lowest BCUT2D eigenvalue weighted by atomic mass is 9.76. The Kier molecular flexibility index (Phi) is 2.19. The summed E-state index contributed by atoms with van der Waals surface area (Å²) in [5, 5.41) is 8.51. The molecule has 0 saturated heterocycles. The van der Waals surface area contributed by atoms with Crippen molar-refractivity contribution in [2.45, 2.75) is 12.8 Å². The molecule has 1 fully saturated rings. The maximum absolute atomic E-state index is 10.8. The van der Waals surface area contributed by atoms with Crippen LogP contribution < -0.4 is 0 Å². The predicted octanol–water partition coefficient (Wildman–Crippen LogP) is 0.581. The van der Waals surface area contributed by atoms with Gasteiger partial charge in [-0.15, -0.1) is 0 Å². The van der Waals surface area contributed by atoms with Gasteiger partial charge in [0.2, 0.25) is 0 Å². The van der Waals surface area contributed by atoms with Crippen molar-refractivity contribution < 1.29 is 8.42 Å². The van der Waals surface area contributed by atoms with Crippen molar-refractivity contribution in [2.24, 2.45) is 11.8 Å². The first kappa shape index (κ1) is 8.54. The summed E-state index contributed by atoms with van der Waals surface area (Å²) >= 11 is 0. The maximum Gasteiger partial charge on any atom is 0.147 e. The smallest absolute Gasteiger partial charge is 0.147 e. The van der Waals surface area contributed by atoms with Gasteiger partial charge in [0.15, 0.2) is 0 Å². The minimum Gasteiger partial charge on any atom is -0.229 e. The van der Waals surface area contributed by atoms with Gasteiger partial charge in [-0.3, -0.25) is 0 Å². The van der Waals surface area contributed by atoms with E-state index in [9.17, 15) is 8.42 Å². The molecule has 0 heterocycles. The van der Waals surface area contributed by atoms with E-state index in [1.54, 1.807) is 0 Å². The minimum atomic E-state index is -2.88. The van der Waals surface area contributed by atoms with Gasteiger partial charge < -0.3 is 0 Å². The van der Waals surface area contributed by atoms with E-state index < -0.39 is 9.84 Å². The molecule has 0 bridgehead atoms. The van der Waals surface area contributed by atoms with Crippen molar-refractivity contribution in [2.75, 3.05) is 12.0 Å². The third kappa shape index (κ3) is 2.19. The Hall–Kier alpha value is -0.560. The lowest BCUT2D eigenvalue weighted by Crippen LogP contribution is -2.30. The van der Waals surface area contributed by atoms with Crippen LogP contribution in [0.2, 0.25) is 0 Å². The second kappa shape index (κ2) is 2.82. The standard InChI is InChI=1S/C7H11NO2S/c1-11(9,10)5-7-3-2-6(7)4-8/h6-7H,2-3,5H2,1H3. The Morgan fingerprint density at radius 2 is 2.18 bits per heavy atom. The number of sulfone groups is 1. The van der Waals surface area contributed by atoms with E-state index in [2.05, 4.69) is 6.07 Å². The molecule has 0 aromatic rings. The van der Waals surface area contributed by atoms with Crippen LogP contribution in [0.25, 0.3) is 0 Å². The van der Waals surface area contributed by atoms with Gasteiger partial charge in [-0.05, 0) is 18.8 Å². The fourth-order valence-corrected chi connectivity index (χ4v) is 2.50. The Morgan fingerprint density at radius 3 is 2.45 bits per heavy atom. The number of hydrogen-bond donors (Lipinski definition) is 0. The largest absolute Gasteiger partial charge is 0.229 e. The summed E-state index contributed by atoms with van der Waals surface area (Å²) in [5.74, 6) is 0.283. The van der Waals surface area contributed by atoms with Gasteiger partial charge in [-0.1, -0.05) is 0 Å². The molecule has 0 amide bonds. The van der Waals surface area contributed by atoms with Gasteiger partial charge in [0, 0.05) is 6.26 Å². The molecule has 0 spiro atoms. The van der Waals surface area contributed by atoms with Crippen LogP contribution in [-0.2, 0) is 9.84 Å². The molecule has 0 N–H and O–H groups in total. The lowest BCUT2D eigenvalue weighted by molar-refractivity contribution is 0.262. The average molecular weight is 173 g/mol. The first-order valence-corrected chi connectivity index (χ1v) is 5.66. The molecule has 11 heavy (non-hydrogen) atoms. The number of nitrogens with zero attached hydrogens (tertiary/aromatic N) is 1. The molecule has 1 aliphatic rings. The van der Waals surface area contributed by atoms with Gasteiger partial charge >= 0.3 is 0 Å². The first-order valence-electron chi connectivity index (χ1n) is 3.60. The topological polar surface area (TPSA) is 57.9 Å². The van der Waals surface area contributed by atoms with Crippen molar-refractivity contribution in [1.82, 2.24) is 0 Å². The summed E-state index contributed by atoms with van der Waals surface area (Å²) in [7, 11) is -2.88. The van der Waals surface area contributed by atoms with Gasteiger partial charge in [0.1, 0.15) is 9.84 Å². The van der Waals surface area contributed by atoms with Gasteiger partial charge in [0.05, 0.1) is 17.7 Å². The third-order valence-electron chi connectivity index (χ3n) is 2.10. The molecule has 1 saturated carbocycles. The SMILES string of the molecule is CS(=O)(=O)CC1CCC1C#N. The molecule has 0 aliphatic heterocycles. The molecule has 1 rings (SSSR count). The zero-order valence-electron chi connectivity index (χ0n) is 6.45. The zero-order valence-corrected chi connectivity index (χ0v) is 7.26. The average Bonchev–Trinajstić information content (AvgIpc) is 1.80. The quantitative estimate of drug-likeness (QED) is 0.613. The minimum absolute atomic E-state index is 0.00951. The highest BCUT2D eigenvalue weighted by atomic mass is 32.2. The Labute approximate surface area is 66.9 Å². The van der Waals surface area contributed by atoms with Crippen LogP contribution >= 0.6 is 0 Å². The van der Waals surface area contributed by atoms with Crippen LogP contribution in [0.3, 0.4) is 0 Å². The highest BCUT2D eigenvalue weighted by molar-refractivity contribution is 7.90. The molecule has 0 radical (unpaired) electrons. The van der Waals surface area contributed by atoms with E-state index in [4.69, 9.17) is 5.26 Å². The van der Waals surface area contributed by atoms with Crippen molar-refractivity contribution >= 4 is 9.84 Å². The summed E-state index contributed by atoms with van der Waals surface area (Å²) in [5.41, 5.74) is 0. The van der Waals surface area contributed by atoms with Crippen molar-refractivity contribution in [3.63, 3.8) is 0 Å². The second-order valence-corrected chi connectivity index (χ2v) is 5.35. The van der Waals surface area contributed by atoms with Gasteiger partial charge in [0.25, 0.3) is 0 Å². The number of nitriles is 1. The van der Waals surface area contributed by atoms with Gasteiger partial charge in [-0.25, -0.2) is 8.42 Å². The highest BCUT2D eigenvalue weighted by Crippen LogP contribution is 2.34. The molecule has 2 atom stereocenters. The van der Waals surface area contributed by atoms with E-state index in [0.29, 0.717) is 0 Å². The monoisotopic (exact) mass is 173 g/mol. The highest BCUT2D eigenvalue weighted by Gasteiger charge is 2.32. The van der Waals surface area contributed by atoms with E-state index in [1.165, 1.54) is 6.26 Å². The summed E-state index contributed by atoms with van der Waals surface area (Å²) in [6.45, 7) is 0. The van der Waals surface area contributed by atoms with Crippen LogP contribution in [0, 0.1) is 23.2 Å². The van der Waals surface area contributed by atoms with Crippen LogP contribution in [-0.4, -0.2) is 20.4 Å². The maximum atomic E-state index is 10.8. The van der Waals surface area contributed by atoms with Crippen molar-refractivity contribution in [1.29, 1.82) is 5.26 Å². The molecule has 1 aliphatic carbocycles. The van der Waals surface area contributed by atoms with Crippen molar-refractivity contribution in [3.8, 4) is 6.07 Å². The Morgan fingerprint density at radius 1 is 1.55 bits per heavy atom. The summed E-state index contributed by atoms with van der Waals surface area (Å²) in [6, 6.07) is 2.11. The van der Waals surface area contributed by atoms with E-state index in [1.807, 2.05) is 0 Å².